The lowest BCUT2D eigenvalue weighted by molar-refractivity contribution is -0.133. The van der Waals surface area contributed by atoms with Gasteiger partial charge in [0.05, 0.1) is 22.9 Å². The average Bonchev–Trinajstić information content (AvgIpc) is 3.43. The summed E-state index contributed by atoms with van der Waals surface area (Å²) >= 11 is 0. The third-order valence-corrected chi connectivity index (χ3v) is 8.29. The molecular weight excluding hydrogens is 487 g/mol. The molecule has 3 aliphatic rings. The number of carbonyl (C=O) groups excluding carboxylic acids is 3. The number of aromatic amines is 1. The molecule has 2 aromatic carbocycles. The van der Waals surface area contributed by atoms with Crippen LogP contribution in [0.2, 0.25) is 0 Å². The second kappa shape index (κ2) is 10.2. The molecule has 9 nitrogen and oxygen atoms in total. The van der Waals surface area contributed by atoms with Crippen LogP contribution in [-0.2, 0) is 11.2 Å². The van der Waals surface area contributed by atoms with Crippen molar-refractivity contribution in [1.29, 1.82) is 0 Å². The van der Waals surface area contributed by atoms with Gasteiger partial charge in [0.25, 0.3) is 11.8 Å². The lowest BCUT2D eigenvalue weighted by Gasteiger charge is -2.41. The normalized spacial score (nSPS) is 23.7. The lowest BCUT2D eigenvalue weighted by atomic mass is 9.72. The molecule has 0 spiro atoms. The highest BCUT2D eigenvalue weighted by atomic mass is 19.1. The van der Waals surface area contributed by atoms with E-state index in [9.17, 15) is 18.8 Å². The SMILES string of the molecule is O=C1NNC(Cc2ccc(F)c(C(=O)N3CCN(C(=O)c4ccc5nc[nH]c5c4)CC3)c2)C2CCCCC12. The van der Waals surface area contributed by atoms with Gasteiger partial charge >= 0.3 is 0 Å². The zero-order chi connectivity index (χ0) is 26.2. The molecule has 1 aromatic heterocycles. The quantitative estimate of drug-likeness (QED) is 0.492. The minimum absolute atomic E-state index is 0.0111. The molecule has 1 saturated carbocycles. The number of imidazole rings is 1. The van der Waals surface area contributed by atoms with Crippen molar-refractivity contribution in [3.8, 4) is 0 Å². The third kappa shape index (κ3) is 4.64. The summed E-state index contributed by atoms with van der Waals surface area (Å²) in [4.78, 5) is 49.1. The van der Waals surface area contributed by atoms with Crippen molar-refractivity contribution in [2.75, 3.05) is 26.2 Å². The Kier molecular flexibility index (Phi) is 6.57. The number of nitrogens with zero attached hydrogens (tertiary/aromatic N) is 3. The van der Waals surface area contributed by atoms with Crippen molar-refractivity contribution in [1.82, 2.24) is 30.6 Å². The van der Waals surface area contributed by atoms with E-state index in [1.54, 1.807) is 46.5 Å². The van der Waals surface area contributed by atoms with Gasteiger partial charge in [-0.2, -0.15) is 0 Å². The molecule has 10 heteroatoms. The van der Waals surface area contributed by atoms with Crippen LogP contribution in [-0.4, -0.2) is 69.7 Å². The van der Waals surface area contributed by atoms with Crippen LogP contribution in [0.3, 0.4) is 0 Å². The van der Waals surface area contributed by atoms with Crippen molar-refractivity contribution in [2.24, 2.45) is 11.8 Å². The number of benzene rings is 2. The van der Waals surface area contributed by atoms with Crippen LogP contribution in [0.1, 0.15) is 52.0 Å². The predicted molar refractivity (Wildman–Crippen MR) is 139 cm³/mol. The van der Waals surface area contributed by atoms with Crippen molar-refractivity contribution in [3.05, 3.63) is 65.2 Å². The lowest BCUT2D eigenvalue weighted by Crippen LogP contribution is -2.60. The molecule has 0 bridgehead atoms. The molecule has 1 aliphatic carbocycles. The van der Waals surface area contributed by atoms with E-state index < -0.39 is 5.82 Å². The molecule has 3 aromatic rings. The summed E-state index contributed by atoms with van der Waals surface area (Å²) in [5.41, 5.74) is 9.02. The summed E-state index contributed by atoms with van der Waals surface area (Å²) in [5.74, 6) is -0.713. The van der Waals surface area contributed by atoms with Crippen LogP contribution in [0.4, 0.5) is 4.39 Å². The Labute approximate surface area is 219 Å². The van der Waals surface area contributed by atoms with E-state index in [-0.39, 0.29) is 41.2 Å². The number of carbonyl (C=O) groups is 3. The summed E-state index contributed by atoms with van der Waals surface area (Å²) in [6.45, 7) is 1.42. The van der Waals surface area contributed by atoms with E-state index in [0.29, 0.717) is 38.2 Å². The van der Waals surface area contributed by atoms with Gasteiger partial charge < -0.3 is 14.8 Å². The fourth-order valence-corrected chi connectivity index (χ4v) is 6.18. The van der Waals surface area contributed by atoms with Crippen molar-refractivity contribution in [2.45, 2.75) is 38.1 Å². The number of fused-ring (bicyclic) bond motifs is 2. The van der Waals surface area contributed by atoms with Gasteiger partial charge in [0.2, 0.25) is 5.91 Å². The Bertz CT molecular complexity index is 1380. The highest BCUT2D eigenvalue weighted by Crippen LogP contribution is 2.35. The molecular formula is C28H31FN6O3. The largest absolute Gasteiger partial charge is 0.345 e. The molecule has 3 heterocycles. The van der Waals surface area contributed by atoms with Crippen molar-refractivity contribution >= 4 is 28.8 Å². The fourth-order valence-electron chi connectivity index (χ4n) is 6.18. The maximum atomic E-state index is 14.8. The molecule has 3 amide bonds. The molecule has 38 heavy (non-hydrogen) atoms. The average molecular weight is 519 g/mol. The molecule has 2 saturated heterocycles. The number of hydrogen-bond acceptors (Lipinski definition) is 5. The topological polar surface area (TPSA) is 110 Å². The smallest absolute Gasteiger partial charge is 0.256 e. The Balaban J connectivity index is 1.11. The fraction of sp³-hybridized carbons (Fsp3) is 0.429. The van der Waals surface area contributed by atoms with E-state index in [4.69, 9.17) is 0 Å². The van der Waals surface area contributed by atoms with Crippen LogP contribution in [0.15, 0.2) is 42.7 Å². The maximum Gasteiger partial charge on any atom is 0.256 e. The van der Waals surface area contributed by atoms with E-state index in [2.05, 4.69) is 20.8 Å². The monoisotopic (exact) mass is 518 g/mol. The zero-order valence-electron chi connectivity index (χ0n) is 21.1. The van der Waals surface area contributed by atoms with Crippen LogP contribution in [0, 0.1) is 17.7 Å². The first kappa shape index (κ1) is 24.5. The summed E-state index contributed by atoms with van der Waals surface area (Å²) in [7, 11) is 0. The number of hydrazine groups is 1. The van der Waals surface area contributed by atoms with Crippen LogP contribution in [0.25, 0.3) is 11.0 Å². The number of rotatable bonds is 4. The van der Waals surface area contributed by atoms with E-state index in [1.807, 2.05) is 0 Å². The Morgan fingerprint density at radius 2 is 1.74 bits per heavy atom. The molecule has 3 fully saturated rings. The van der Waals surface area contributed by atoms with E-state index in [0.717, 1.165) is 42.3 Å². The number of hydrogen-bond donors (Lipinski definition) is 3. The van der Waals surface area contributed by atoms with Crippen LogP contribution < -0.4 is 10.9 Å². The molecule has 3 N–H and O–H groups in total. The van der Waals surface area contributed by atoms with Crippen LogP contribution >= 0.6 is 0 Å². The number of aromatic nitrogens is 2. The van der Waals surface area contributed by atoms with Gasteiger partial charge in [-0.25, -0.2) is 14.8 Å². The highest BCUT2D eigenvalue weighted by molar-refractivity contribution is 5.98. The summed E-state index contributed by atoms with van der Waals surface area (Å²) in [6.07, 6.45) is 6.25. The molecule has 3 atom stereocenters. The Morgan fingerprint density at radius 3 is 2.55 bits per heavy atom. The molecule has 0 radical (unpaired) electrons. The second-order valence-electron chi connectivity index (χ2n) is 10.5. The van der Waals surface area contributed by atoms with Gasteiger partial charge in [0.1, 0.15) is 5.82 Å². The van der Waals surface area contributed by atoms with Gasteiger partial charge in [0, 0.05) is 43.7 Å². The predicted octanol–water partition coefficient (Wildman–Crippen LogP) is 2.65. The molecule has 2 aliphatic heterocycles. The summed E-state index contributed by atoms with van der Waals surface area (Å²) < 4.78 is 14.8. The maximum absolute atomic E-state index is 14.8. The van der Waals surface area contributed by atoms with Crippen molar-refractivity contribution < 1.29 is 18.8 Å². The molecule has 6 rings (SSSR count). The number of amides is 3. The number of H-pyrrole nitrogens is 1. The summed E-state index contributed by atoms with van der Waals surface area (Å²) in [6, 6.07) is 10.1. The molecule has 198 valence electrons. The number of piperazine rings is 1. The zero-order valence-corrected chi connectivity index (χ0v) is 21.1. The number of halogens is 1. The van der Waals surface area contributed by atoms with Gasteiger partial charge in [0.15, 0.2) is 0 Å². The van der Waals surface area contributed by atoms with Gasteiger partial charge in [-0.05, 0) is 61.1 Å². The highest BCUT2D eigenvalue weighted by Gasteiger charge is 2.40. The Morgan fingerprint density at radius 1 is 0.974 bits per heavy atom. The first-order valence-corrected chi connectivity index (χ1v) is 13.3. The van der Waals surface area contributed by atoms with Crippen molar-refractivity contribution in [3.63, 3.8) is 0 Å². The first-order valence-electron chi connectivity index (χ1n) is 13.3. The standard InChI is InChI=1S/C28H31FN6O3/c29-22-7-5-17(14-24-19-3-1-2-4-20(19)26(36)33-32-24)13-21(22)28(38)35-11-9-34(10-12-35)27(37)18-6-8-23-25(15-18)31-16-30-23/h5-8,13,15-16,19-20,24,32H,1-4,9-12,14H2,(H,30,31)(H,33,36). The van der Waals surface area contributed by atoms with Gasteiger partial charge in [-0.3, -0.25) is 19.8 Å². The first-order chi connectivity index (χ1) is 18.5. The molecule has 3 unspecified atom stereocenters. The number of nitrogens with one attached hydrogen (secondary N) is 3. The van der Waals surface area contributed by atoms with Gasteiger partial charge in [-0.1, -0.05) is 18.9 Å². The van der Waals surface area contributed by atoms with Crippen LogP contribution in [0.5, 0.6) is 0 Å². The third-order valence-electron chi connectivity index (χ3n) is 8.29. The van der Waals surface area contributed by atoms with Gasteiger partial charge in [-0.15, -0.1) is 0 Å². The minimum Gasteiger partial charge on any atom is -0.345 e. The van der Waals surface area contributed by atoms with E-state index in [1.165, 1.54) is 6.07 Å². The minimum atomic E-state index is -0.550. The Hall–Kier alpha value is -3.79. The summed E-state index contributed by atoms with van der Waals surface area (Å²) in [5, 5.41) is 0. The van der Waals surface area contributed by atoms with E-state index >= 15 is 0 Å². The second-order valence-corrected chi connectivity index (χ2v) is 10.5.